The Morgan fingerprint density at radius 1 is 1.53 bits per heavy atom. The van der Waals surface area contributed by atoms with Gasteiger partial charge in [0.1, 0.15) is 5.69 Å². The summed E-state index contributed by atoms with van der Waals surface area (Å²) in [5.74, 6) is 0.214. The fourth-order valence-electron chi connectivity index (χ4n) is 1.48. The van der Waals surface area contributed by atoms with Crippen LogP contribution in [0.15, 0.2) is 28.2 Å². The summed E-state index contributed by atoms with van der Waals surface area (Å²) in [6, 6.07) is 3.57. The van der Waals surface area contributed by atoms with Crippen molar-refractivity contribution in [1.29, 1.82) is 0 Å². The van der Waals surface area contributed by atoms with Gasteiger partial charge in [-0.1, -0.05) is 13.8 Å². The molecule has 0 spiro atoms. The predicted molar refractivity (Wildman–Crippen MR) is 79.3 cm³/mol. The van der Waals surface area contributed by atoms with Gasteiger partial charge in [-0.3, -0.25) is 4.79 Å². The lowest BCUT2D eigenvalue weighted by atomic mass is 10.2. The van der Waals surface area contributed by atoms with Crippen molar-refractivity contribution in [2.24, 2.45) is 0 Å². The lowest BCUT2D eigenvalue weighted by Gasteiger charge is -2.04. The van der Waals surface area contributed by atoms with Crippen LogP contribution >= 0.6 is 27.3 Å². The van der Waals surface area contributed by atoms with E-state index in [1.165, 1.54) is 0 Å². The van der Waals surface area contributed by atoms with Crippen molar-refractivity contribution in [3.63, 3.8) is 0 Å². The van der Waals surface area contributed by atoms with Gasteiger partial charge in [0.05, 0.1) is 17.2 Å². The van der Waals surface area contributed by atoms with Gasteiger partial charge in [0.15, 0.2) is 0 Å². The SMILES string of the molecule is CC(C)c1nc(CNC(=O)c2ncccc2Br)cs1. The molecule has 0 aliphatic heterocycles. The van der Waals surface area contributed by atoms with E-state index < -0.39 is 0 Å². The molecule has 19 heavy (non-hydrogen) atoms. The molecule has 2 aromatic heterocycles. The summed E-state index contributed by atoms with van der Waals surface area (Å²) in [7, 11) is 0. The van der Waals surface area contributed by atoms with E-state index in [9.17, 15) is 4.79 Å². The lowest BCUT2D eigenvalue weighted by Crippen LogP contribution is -2.24. The number of nitrogens with one attached hydrogen (secondary N) is 1. The van der Waals surface area contributed by atoms with E-state index in [2.05, 4.69) is 45.1 Å². The smallest absolute Gasteiger partial charge is 0.271 e. The monoisotopic (exact) mass is 339 g/mol. The van der Waals surface area contributed by atoms with Crippen LogP contribution in [0.4, 0.5) is 0 Å². The van der Waals surface area contributed by atoms with Gasteiger partial charge in [-0.25, -0.2) is 9.97 Å². The van der Waals surface area contributed by atoms with Gasteiger partial charge in [0.25, 0.3) is 5.91 Å². The van der Waals surface area contributed by atoms with Crippen LogP contribution in [0.5, 0.6) is 0 Å². The molecule has 0 bridgehead atoms. The number of halogens is 1. The molecule has 0 saturated carbocycles. The maximum absolute atomic E-state index is 12.0. The predicted octanol–water partition coefficient (Wildman–Crippen LogP) is 3.35. The van der Waals surface area contributed by atoms with Crippen LogP contribution in [-0.2, 0) is 6.54 Å². The highest BCUT2D eigenvalue weighted by atomic mass is 79.9. The molecule has 1 N–H and O–H groups in total. The highest BCUT2D eigenvalue weighted by Gasteiger charge is 2.12. The summed E-state index contributed by atoms with van der Waals surface area (Å²) in [6.45, 7) is 4.63. The van der Waals surface area contributed by atoms with Gasteiger partial charge in [-0.2, -0.15) is 0 Å². The Labute approximate surface area is 124 Å². The maximum atomic E-state index is 12.0. The van der Waals surface area contributed by atoms with Crippen LogP contribution in [0.1, 0.15) is 41.0 Å². The Morgan fingerprint density at radius 2 is 2.32 bits per heavy atom. The van der Waals surface area contributed by atoms with Crippen molar-refractivity contribution in [3.05, 3.63) is 44.6 Å². The molecule has 0 aliphatic carbocycles. The second-order valence-electron chi connectivity index (χ2n) is 4.35. The second-order valence-corrected chi connectivity index (χ2v) is 6.09. The van der Waals surface area contributed by atoms with Crippen LogP contribution in [0, 0.1) is 0 Å². The zero-order chi connectivity index (χ0) is 13.8. The molecule has 2 rings (SSSR count). The molecule has 0 radical (unpaired) electrons. The minimum absolute atomic E-state index is 0.202. The number of hydrogen-bond acceptors (Lipinski definition) is 4. The van der Waals surface area contributed by atoms with E-state index in [-0.39, 0.29) is 5.91 Å². The van der Waals surface area contributed by atoms with Crippen LogP contribution in [0.3, 0.4) is 0 Å². The van der Waals surface area contributed by atoms with Crippen molar-refractivity contribution < 1.29 is 4.79 Å². The van der Waals surface area contributed by atoms with Gasteiger partial charge >= 0.3 is 0 Å². The fraction of sp³-hybridized carbons (Fsp3) is 0.308. The second kappa shape index (κ2) is 6.25. The molecule has 4 nitrogen and oxygen atoms in total. The van der Waals surface area contributed by atoms with Crippen molar-refractivity contribution in [3.8, 4) is 0 Å². The minimum atomic E-state index is -0.202. The molecule has 0 saturated heterocycles. The summed E-state index contributed by atoms with van der Waals surface area (Å²) < 4.78 is 0.689. The summed E-state index contributed by atoms with van der Waals surface area (Å²) in [5, 5.41) is 5.88. The molecule has 0 unspecified atom stereocenters. The van der Waals surface area contributed by atoms with Crippen LogP contribution in [0.2, 0.25) is 0 Å². The van der Waals surface area contributed by atoms with Crippen molar-refractivity contribution in [2.45, 2.75) is 26.3 Å². The van der Waals surface area contributed by atoms with E-state index in [0.717, 1.165) is 10.7 Å². The summed E-state index contributed by atoms with van der Waals surface area (Å²) in [5.41, 5.74) is 1.27. The van der Waals surface area contributed by atoms with Crippen molar-refractivity contribution in [2.75, 3.05) is 0 Å². The first-order valence-corrected chi connectivity index (χ1v) is 7.58. The third-order valence-electron chi connectivity index (χ3n) is 2.47. The van der Waals surface area contributed by atoms with Crippen molar-refractivity contribution >= 4 is 33.2 Å². The van der Waals surface area contributed by atoms with E-state index in [1.54, 1.807) is 29.7 Å². The molecule has 100 valence electrons. The molecule has 2 aromatic rings. The number of carbonyl (C=O) groups excluding carboxylic acids is 1. The minimum Gasteiger partial charge on any atom is -0.345 e. The maximum Gasteiger partial charge on any atom is 0.271 e. The van der Waals surface area contributed by atoms with E-state index in [1.807, 2.05) is 5.38 Å². The molecule has 0 aliphatic rings. The van der Waals surface area contributed by atoms with Crippen LogP contribution in [-0.4, -0.2) is 15.9 Å². The van der Waals surface area contributed by atoms with E-state index in [4.69, 9.17) is 0 Å². The topological polar surface area (TPSA) is 54.9 Å². The fourth-order valence-corrected chi connectivity index (χ4v) is 2.75. The van der Waals surface area contributed by atoms with E-state index in [0.29, 0.717) is 22.6 Å². The largest absolute Gasteiger partial charge is 0.345 e. The van der Waals surface area contributed by atoms with E-state index >= 15 is 0 Å². The Hall–Kier alpha value is -1.27. The quantitative estimate of drug-likeness (QED) is 0.929. The zero-order valence-electron chi connectivity index (χ0n) is 10.7. The average Bonchev–Trinajstić information content (AvgIpc) is 2.85. The number of thiazole rings is 1. The molecular weight excluding hydrogens is 326 g/mol. The molecule has 0 aromatic carbocycles. The normalized spacial score (nSPS) is 10.7. The molecule has 2 heterocycles. The summed E-state index contributed by atoms with van der Waals surface area (Å²) in [4.78, 5) is 20.5. The summed E-state index contributed by atoms with van der Waals surface area (Å²) >= 11 is 4.93. The molecule has 0 fully saturated rings. The van der Waals surface area contributed by atoms with Gasteiger partial charge in [-0.15, -0.1) is 11.3 Å². The number of rotatable bonds is 4. The number of hydrogen-bond donors (Lipinski definition) is 1. The van der Waals surface area contributed by atoms with Gasteiger partial charge in [0, 0.05) is 22.0 Å². The summed E-state index contributed by atoms with van der Waals surface area (Å²) in [6.07, 6.45) is 1.60. The van der Waals surface area contributed by atoms with Gasteiger partial charge < -0.3 is 5.32 Å². The Balaban J connectivity index is 1.98. The van der Waals surface area contributed by atoms with Gasteiger partial charge in [0.2, 0.25) is 0 Å². The number of amides is 1. The highest BCUT2D eigenvalue weighted by Crippen LogP contribution is 2.19. The molecular formula is C13H14BrN3OS. The van der Waals surface area contributed by atoms with Crippen molar-refractivity contribution in [1.82, 2.24) is 15.3 Å². The Morgan fingerprint density at radius 3 is 2.95 bits per heavy atom. The number of pyridine rings is 1. The highest BCUT2D eigenvalue weighted by molar-refractivity contribution is 9.10. The third kappa shape index (κ3) is 3.61. The first-order chi connectivity index (χ1) is 9.08. The molecule has 0 atom stereocenters. The lowest BCUT2D eigenvalue weighted by molar-refractivity contribution is 0.0944. The first kappa shape index (κ1) is 14.1. The number of nitrogens with zero attached hydrogens (tertiary/aromatic N) is 2. The molecule has 1 amide bonds. The Kier molecular flexibility index (Phi) is 4.66. The van der Waals surface area contributed by atoms with Gasteiger partial charge in [-0.05, 0) is 28.1 Å². The number of carbonyl (C=O) groups is 1. The third-order valence-corrected chi connectivity index (χ3v) is 4.30. The average molecular weight is 340 g/mol. The number of aromatic nitrogens is 2. The first-order valence-electron chi connectivity index (χ1n) is 5.91. The zero-order valence-corrected chi connectivity index (χ0v) is 13.1. The standard InChI is InChI=1S/C13H14BrN3OS/c1-8(2)13-17-9(7-19-13)6-16-12(18)11-10(14)4-3-5-15-11/h3-5,7-8H,6H2,1-2H3,(H,16,18). The van der Waals surface area contributed by atoms with Crippen LogP contribution in [0.25, 0.3) is 0 Å². The van der Waals surface area contributed by atoms with Crippen LogP contribution < -0.4 is 5.32 Å². The Bertz CT molecular complexity index is 583. The molecule has 6 heteroatoms.